The Hall–Kier alpha value is -1.26. The van der Waals surface area contributed by atoms with Crippen LogP contribution in [0.2, 0.25) is 0 Å². The summed E-state index contributed by atoms with van der Waals surface area (Å²) in [5.74, 6) is -1.01. The van der Waals surface area contributed by atoms with Crippen LogP contribution in [0.3, 0.4) is 0 Å². The van der Waals surface area contributed by atoms with Gasteiger partial charge in [0.25, 0.3) is 0 Å². The molecular weight excluding hydrogens is 268 g/mol. The van der Waals surface area contributed by atoms with Gasteiger partial charge in [-0.25, -0.2) is 9.59 Å². The highest BCUT2D eigenvalue weighted by Gasteiger charge is 2.32. The minimum atomic E-state index is -1.01. The maximum atomic E-state index is 11.9. The Morgan fingerprint density at radius 2 is 1.67 bits per heavy atom. The van der Waals surface area contributed by atoms with E-state index in [0.717, 1.165) is 12.8 Å². The molecule has 0 aromatic heterocycles. The Labute approximate surface area is 128 Å². The Morgan fingerprint density at radius 1 is 1.10 bits per heavy atom. The maximum absolute atomic E-state index is 11.9. The van der Waals surface area contributed by atoms with E-state index < -0.39 is 23.5 Å². The smallest absolute Gasteiger partial charge is 0.326 e. The van der Waals surface area contributed by atoms with Gasteiger partial charge in [-0.2, -0.15) is 0 Å². The van der Waals surface area contributed by atoms with Crippen LogP contribution in [0.1, 0.15) is 67.2 Å². The topological polar surface area (TPSA) is 78.4 Å². The van der Waals surface area contributed by atoms with Gasteiger partial charge in [-0.15, -0.1) is 0 Å². The van der Waals surface area contributed by atoms with Crippen molar-refractivity contribution in [1.29, 1.82) is 0 Å². The first kappa shape index (κ1) is 19.7. The average molecular weight is 300 g/mol. The molecule has 0 aliphatic carbocycles. The Bertz CT molecular complexity index is 346. The molecule has 0 radical (unpaired) electrons. The number of carbonyl (C=O) groups is 2. The number of aliphatic carboxylic acids is 1. The van der Waals surface area contributed by atoms with E-state index in [0.29, 0.717) is 6.54 Å². The number of amides is 2. The van der Waals surface area contributed by atoms with Crippen molar-refractivity contribution in [3.05, 3.63) is 0 Å². The number of hydrogen-bond acceptors (Lipinski definition) is 2. The third-order valence-corrected chi connectivity index (χ3v) is 3.57. The van der Waals surface area contributed by atoms with Crippen molar-refractivity contribution in [3.63, 3.8) is 0 Å². The van der Waals surface area contributed by atoms with Gasteiger partial charge < -0.3 is 15.7 Å². The highest BCUT2D eigenvalue weighted by Crippen LogP contribution is 2.23. The van der Waals surface area contributed by atoms with Crippen molar-refractivity contribution in [1.82, 2.24) is 10.6 Å². The number of hydrogen-bond donors (Lipinski definition) is 3. The minimum Gasteiger partial charge on any atom is -0.480 e. The van der Waals surface area contributed by atoms with E-state index in [1.54, 1.807) is 20.8 Å². The molecular formula is C16H32N2O3. The van der Waals surface area contributed by atoms with Gasteiger partial charge in [0, 0.05) is 6.54 Å². The molecule has 5 heteroatoms. The van der Waals surface area contributed by atoms with Crippen molar-refractivity contribution >= 4 is 12.0 Å². The quantitative estimate of drug-likeness (QED) is 0.601. The van der Waals surface area contributed by atoms with Gasteiger partial charge in [-0.3, -0.25) is 0 Å². The average Bonchev–Trinajstić information content (AvgIpc) is 2.32. The van der Waals surface area contributed by atoms with Crippen LogP contribution in [0.4, 0.5) is 4.79 Å². The zero-order chi connectivity index (χ0) is 16.7. The van der Waals surface area contributed by atoms with Crippen LogP contribution in [0.15, 0.2) is 0 Å². The van der Waals surface area contributed by atoms with E-state index in [-0.39, 0.29) is 5.41 Å². The first-order valence-electron chi connectivity index (χ1n) is 7.77. The SMILES string of the molecule is CCCCCC(C)(C)CNC(=O)N[C@H](C(=O)O)C(C)(C)C. The van der Waals surface area contributed by atoms with E-state index >= 15 is 0 Å². The van der Waals surface area contributed by atoms with Gasteiger partial charge >= 0.3 is 12.0 Å². The molecule has 0 rings (SSSR count). The largest absolute Gasteiger partial charge is 0.480 e. The number of urea groups is 1. The molecule has 0 unspecified atom stereocenters. The van der Waals surface area contributed by atoms with Crippen molar-refractivity contribution in [2.45, 2.75) is 73.3 Å². The predicted molar refractivity (Wildman–Crippen MR) is 85.3 cm³/mol. The molecule has 0 aliphatic heterocycles. The standard InChI is InChI=1S/C16H32N2O3/c1-7-8-9-10-16(5,6)11-17-14(21)18-12(13(19)20)15(2,3)4/h12H,7-11H2,1-6H3,(H,19,20)(H2,17,18,21)/t12-/m1/s1. The lowest BCUT2D eigenvalue weighted by atomic mass is 9.86. The van der Waals surface area contributed by atoms with Crippen LogP contribution in [0.25, 0.3) is 0 Å². The summed E-state index contributed by atoms with van der Waals surface area (Å²) in [5, 5.41) is 14.5. The number of rotatable bonds is 8. The van der Waals surface area contributed by atoms with E-state index in [4.69, 9.17) is 0 Å². The molecule has 1 atom stereocenters. The van der Waals surface area contributed by atoms with Crippen molar-refractivity contribution in [2.24, 2.45) is 10.8 Å². The molecule has 3 N–H and O–H groups in total. The summed E-state index contributed by atoms with van der Waals surface area (Å²) in [6.07, 6.45) is 4.56. The number of unbranched alkanes of at least 4 members (excludes halogenated alkanes) is 2. The molecule has 0 aliphatic rings. The zero-order valence-corrected chi connectivity index (χ0v) is 14.4. The summed E-state index contributed by atoms with van der Waals surface area (Å²) in [4.78, 5) is 23.1. The molecule has 0 saturated carbocycles. The van der Waals surface area contributed by atoms with Crippen LogP contribution in [-0.4, -0.2) is 29.7 Å². The van der Waals surface area contributed by atoms with Gasteiger partial charge in [-0.1, -0.05) is 60.8 Å². The molecule has 0 saturated heterocycles. The number of nitrogens with one attached hydrogen (secondary N) is 2. The van der Waals surface area contributed by atoms with E-state index in [2.05, 4.69) is 31.4 Å². The second kappa shape index (κ2) is 8.25. The first-order valence-corrected chi connectivity index (χ1v) is 7.77. The van der Waals surface area contributed by atoms with Gasteiger partial charge in [-0.05, 0) is 17.3 Å². The van der Waals surface area contributed by atoms with E-state index in [1.807, 2.05) is 0 Å². The number of carboxylic acid groups (broad SMARTS) is 1. The minimum absolute atomic E-state index is 0.0208. The maximum Gasteiger partial charge on any atom is 0.326 e. The normalized spacial score (nSPS) is 13.6. The number of carboxylic acids is 1. The highest BCUT2D eigenvalue weighted by molar-refractivity contribution is 5.83. The summed E-state index contributed by atoms with van der Waals surface area (Å²) in [6, 6.07) is -1.32. The second-order valence-corrected chi connectivity index (χ2v) is 7.59. The van der Waals surface area contributed by atoms with Crippen LogP contribution >= 0.6 is 0 Å². The second-order valence-electron chi connectivity index (χ2n) is 7.59. The predicted octanol–water partition coefficient (Wildman–Crippen LogP) is 3.39. The summed E-state index contributed by atoms with van der Waals surface area (Å²) < 4.78 is 0. The lowest BCUT2D eigenvalue weighted by molar-refractivity contribution is -0.141. The van der Waals surface area contributed by atoms with Crippen molar-refractivity contribution < 1.29 is 14.7 Å². The van der Waals surface area contributed by atoms with Crippen LogP contribution < -0.4 is 10.6 Å². The van der Waals surface area contributed by atoms with Crippen LogP contribution in [-0.2, 0) is 4.79 Å². The fourth-order valence-electron chi connectivity index (χ4n) is 2.09. The van der Waals surface area contributed by atoms with Crippen molar-refractivity contribution in [2.75, 3.05) is 6.54 Å². The molecule has 0 aromatic carbocycles. The Kier molecular flexibility index (Phi) is 7.75. The summed E-state index contributed by atoms with van der Waals surface area (Å²) in [7, 11) is 0. The summed E-state index contributed by atoms with van der Waals surface area (Å²) in [5.41, 5.74) is -0.507. The van der Waals surface area contributed by atoms with Crippen LogP contribution in [0.5, 0.6) is 0 Å². The summed E-state index contributed by atoms with van der Waals surface area (Å²) >= 11 is 0. The molecule has 0 aromatic rings. The Balaban J connectivity index is 4.33. The molecule has 5 nitrogen and oxygen atoms in total. The fraction of sp³-hybridized carbons (Fsp3) is 0.875. The summed E-state index contributed by atoms with van der Waals surface area (Å²) in [6.45, 7) is 12.3. The van der Waals surface area contributed by atoms with Gasteiger partial charge in [0.2, 0.25) is 0 Å². The Morgan fingerprint density at radius 3 is 2.10 bits per heavy atom. The zero-order valence-electron chi connectivity index (χ0n) is 14.4. The lowest BCUT2D eigenvalue weighted by Gasteiger charge is -2.29. The molecule has 2 amide bonds. The molecule has 21 heavy (non-hydrogen) atoms. The molecule has 0 fully saturated rings. The third kappa shape index (κ3) is 8.58. The molecule has 0 spiro atoms. The third-order valence-electron chi connectivity index (χ3n) is 3.57. The molecule has 0 bridgehead atoms. The molecule has 124 valence electrons. The van der Waals surface area contributed by atoms with Crippen LogP contribution in [0, 0.1) is 10.8 Å². The van der Waals surface area contributed by atoms with E-state index in [9.17, 15) is 14.7 Å². The van der Waals surface area contributed by atoms with Gasteiger partial charge in [0.1, 0.15) is 6.04 Å². The van der Waals surface area contributed by atoms with Gasteiger partial charge in [0.05, 0.1) is 0 Å². The molecule has 0 heterocycles. The first-order chi connectivity index (χ1) is 9.49. The van der Waals surface area contributed by atoms with Crippen molar-refractivity contribution in [3.8, 4) is 0 Å². The monoisotopic (exact) mass is 300 g/mol. The van der Waals surface area contributed by atoms with Gasteiger partial charge in [0.15, 0.2) is 0 Å². The lowest BCUT2D eigenvalue weighted by Crippen LogP contribution is -2.53. The van der Waals surface area contributed by atoms with E-state index in [1.165, 1.54) is 12.8 Å². The number of carbonyl (C=O) groups excluding carboxylic acids is 1. The fourth-order valence-corrected chi connectivity index (χ4v) is 2.09. The highest BCUT2D eigenvalue weighted by atomic mass is 16.4.